The number of unbranched alkanes of at least 4 members (excludes halogenated alkanes) is 12. The lowest BCUT2D eigenvalue weighted by molar-refractivity contribution is -0.145. The van der Waals surface area contributed by atoms with E-state index in [0.717, 1.165) is 19.3 Å². The van der Waals surface area contributed by atoms with Gasteiger partial charge in [0.2, 0.25) is 0 Å². The highest BCUT2D eigenvalue weighted by Gasteiger charge is 2.10. The Kier molecular flexibility index (Phi) is 11.9. The van der Waals surface area contributed by atoms with Crippen LogP contribution in [-0.2, 0) is 4.79 Å². The van der Waals surface area contributed by atoms with Crippen LogP contribution in [0.2, 0.25) is 0 Å². The van der Waals surface area contributed by atoms with Crippen molar-refractivity contribution in [1.29, 1.82) is 0 Å². The fraction of sp³-hybridized carbons (Fsp3) is 0.789. The Hall–Kier alpha value is -2.12. The first-order valence-electron chi connectivity index (χ1n) is 10.2. The molecule has 0 atom stereocenters. The van der Waals surface area contributed by atoms with Crippen molar-refractivity contribution in [2.75, 3.05) is 0 Å². The van der Waals surface area contributed by atoms with Crippen LogP contribution in [0.15, 0.2) is 14.4 Å². The van der Waals surface area contributed by atoms with Gasteiger partial charge in [-0.1, -0.05) is 88.7 Å². The van der Waals surface area contributed by atoms with Gasteiger partial charge < -0.3 is 4.84 Å². The highest BCUT2D eigenvalue weighted by Crippen LogP contribution is 2.12. The molecule has 1 aromatic rings. The molecule has 8 nitrogen and oxygen atoms in total. The quantitative estimate of drug-likeness (QED) is 0.452. The number of carbonyl (C=O) groups is 1. The molecule has 1 rings (SSSR count). The van der Waals surface area contributed by atoms with E-state index < -0.39 is 23.0 Å². The lowest BCUT2D eigenvalue weighted by atomic mass is 10.0. The van der Waals surface area contributed by atoms with Gasteiger partial charge in [-0.15, -0.1) is 0 Å². The lowest BCUT2D eigenvalue weighted by Crippen LogP contribution is -2.47. The zero-order chi connectivity index (χ0) is 19.9. The summed E-state index contributed by atoms with van der Waals surface area (Å²) in [6.45, 7) is 2.23. The van der Waals surface area contributed by atoms with Crippen LogP contribution in [0.3, 0.4) is 0 Å². The third-order valence-electron chi connectivity index (χ3n) is 4.49. The molecule has 0 aliphatic heterocycles. The zero-order valence-corrected chi connectivity index (χ0v) is 16.4. The van der Waals surface area contributed by atoms with Crippen LogP contribution in [0, 0.1) is 0 Å². The molecule has 1 aromatic heterocycles. The molecule has 0 aliphatic carbocycles. The Morgan fingerprint density at radius 2 is 1.15 bits per heavy atom. The number of carbonyl (C=O) groups excluding carboxylic acids is 1. The fourth-order valence-electron chi connectivity index (χ4n) is 2.94. The number of H-pyrrole nitrogens is 2. The summed E-state index contributed by atoms with van der Waals surface area (Å²) in [5, 5.41) is 0. The van der Waals surface area contributed by atoms with Crippen molar-refractivity contribution >= 4 is 5.97 Å². The average molecular weight is 383 g/mol. The van der Waals surface area contributed by atoms with Crippen molar-refractivity contribution in [2.24, 2.45) is 0 Å². The van der Waals surface area contributed by atoms with E-state index in [1.165, 1.54) is 57.8 Å². The summed E-state index contributed by atoms with van der Waals surface area (Å²) in [5.74, 6) is -0.669. The van der Waals surface area contributed by atoms with Crippen molar-refractivity contribution in [3.63, 3.8) is 0 Å². The molecule has 0 unspecified atom stereocenters. The van der Waals surface area contributed by atoms with Gasteiger partial charge in [0.1, 0.15) is 0 Å². The van der Waals surface area contributed by atoms with E-state index in [1.54, 1.807) is 0 Å². The third-order valence-corrected chi connectivity index (χ3v) is 4.49. The first-order valence-corrected chi connectivity index (χ1v) is 10.2. The SMILES string of the molecule is CCCCCCCCCCCCCCCC(=O)On1c(=O)[nH]c(=O)[nH]c1=O. The molecular weight excluding hydrogens is 350 g/mol. The Labute approximate surface area is 159 Å². The van der Waals surface area contributed by atoms with Crippen LogP contribution >= 0.6 is 0 Å². The minimum Gasteiger partial charge on any atom is -0.327 e. The standard InChI is InChI=1S/C19H33N3O5/c1-2-3-4-5-6-7-8-9-10-11-12-13-14-15-16(23)27-22-18(25)20-17(24)21-19(22)26/h2-15H2,1H3,(H2,20,21,24,25,26). The maximum Gasteiger partial charge on any atom is 0.367 e. The van der Waals surface area contributed by atoms with Crippen LogP contribution in [0.25, 0.3) is 0 Å². The van der Waals surface area contributed by atoms with Crippen LogP contribution in [0.4, 0.5) is 0 Å². The third kappa shape index (κ3) is 10.6. The van der Waals surface area contributed by atoms with Gasteiger partial charge in [-0.25, -0.2) is 19.2 Å². The largest absolute Gasteiger partial charge is 0.367 e. The van der Waals surface area contributed by atoms with Crippen molar-refractivity contribution in [2.45, 2.75) is 96.8 Å². The van der Waals surface area contributed by atoms with E-state index in [4.69, 9.17) is 0 Å². The van der Waals surface area contributed by atoms with Crippen LogP contribution in [0.1, 0.15) is 96.8 Å². The van der Waals surface area contributed by atoms with Crippen LogP contribution in [0.5, 0.6) is 0 Å². The minimum atomic E-state index is -1.07. The Morgan fingerprint density at radius 3 is 1.59 bits per heavy atom. The van der Waals surface area contributed by atoms with Crippen molar-refractivity contribution in [1.82, 2.24) is 14.7 Å². The lowest BCUT2D eigenvalue weighted by Gasteiger charge is -2.04. The molecule has 0 fully saturated rings. The molecule has 2 N–H and O–H groups in total. The van der Waals surface area contributed by atoms with E-state index in [1.807, 2.05) is 9.97 Å². The normalized spacial score (nSPS) is 10.9. The molecule has 0 saturated carbocycles. The van der Waals surface area contributed by atoms with Gasteiger partial charge in [-0.05, 0) is 6.42 Å². The first-order chi connectivity index (χ1) is 13.0. The summed E-state index contributed by atoms with van der Waals surface area (Å²) < 4.78 is 0.228. The van der Waals surface area contributed by atoms with Gasteiger partial charge in [0.25, 0.3) is 0 Å². The molecular formula is C19H33N3O5. The molecule has 27 heavy (non-hydrogen) atoms. The van der Waals surface area contributed by atoms with Crippen molar-refractivity contribution in [3.8, 4) is 0 Å². The Morgan fingerprint density at radius 1 is 0.741 bits per heavy atom. The first kappa shape index (κ1) is 22.9. The number of nitrogens with one attached hydrogen (secondary N) is 2. The second-order valence-corrected chi connectivity index (χ2v) is 6.94. The number of aromatic amines is 2. The minimum absolute atomic E-state index is 0.128. The fourth-order valence-corrected chi connectivity index (χ4v) is 2.94. The number of rotatable bonds is 15. The van der Waals surface area contributed by atoms with Gasteiger partial charge in [-0.3, -0.25) is 9.97 Å². The molecule has 0 radical (unpaired) electrons. The number of hydrogen-bond acceptors (Lipinski definition) is 5. The van der Waals surface area contributed by atoms with Gasteiger partial charge in [-0.2, -0.15) is 0 Å². The summed E-state index contributed by atoms with van der Waals surface area (Å²) in [6, 6.07) is 0. The van der Waals surface area contributed by atoms with E-state index in [9.17, 15) is 19.2 Å². The van der Waals surface area contributed by atoms with Crippen LogP contribution < -0.4 is 21.9 Å². The van der Waals surface area contributed by atoms with Gasteiger partial charge >= 0.3 is 23.0 Å². The van der Waals surface area contributed by atoms with Gasteiger partial charge in [0.05, 0.1) is 0 Å². The molecule has 0 amide bonds. The second kappa shape index (κ2) is 14.0. The summed E-state index contributed by atoms with van der Waals surface area (Å²) in [7, 11) is 0. The van der Waals surface area contributed by atoms with E-state index in [-0.39, 0.29) is 11.2 Å². The highest BCUT2D eigenvalue weighted by atomic mass is 16.7. The van der Waals surface area contributed by atoms with Crippen molar-refractivity contribution in [3.05, 3.63) is 31.5 Å². The molecule has 0 bridgehead atoms. The monoisotopic (exact) mass is 383 g/mol. The Balaban J connectivity index is 2.01. The maximum absolute atomic E-state index is 11.7. The van der Waals surface area contributed by atoms with Crippen LogP contribution in [-0.4, -0.2) is 20.7 Å². The van der Waals surface area contributed by atoms with E-state index >= 15 is 0 Å². The molecule has 0 aromatic carbocycles. The predicted octanol–water partition coefficient (Wildman–Crippen LogP) is 2.66. The Bertz CT molecular complexity index is 670. The van der Waals surface area contributed by atoms with E-state index in [2.05, 4.69) is 11.8 Å². The summed E-state index contributed by atoms with van der Waals surface area (Å²) in [6.07, 6.45) is 15.8. The van der Waals surface area contributed by atoms with E-state index in [0.29, 0.717) is 6.42 Å². The maximum atomic E-state index is 11.7. The zero-order valence-electron chi connectivity index (χ0n) is 16.4. The number of aromatic nitrogens is 3. The molecule has 0 saturated heterocycles. The van der Waals surface area contributed by atoms with Gasteiger partial charge in [0.15, 0.2) is 0 Å². The molecule has 8 heteroatoms. The smallest absolute Gasteiger partial charge is 0.327 e. The topological polar surface area (TPSA) is 114 Å². The second-order valence-electron chi connectivity index (χ2n) is 6.94. The van der Waals surface area contributed by atoms with Gasteiger partial charge in [0, 0.05) is 6.42 Å². The highest BCUT2D eigenvalue weighted by molar-refractivity contribution is 5.69. The molecule has 0 spiro atoms. The predicted molar refractivity (Wildman–Crippen MR) is 104 cm³/mol. The number of hydrogen-bond donors (Lipinski definition) is 2. The summed E-state index contributed by atoms with van der Waals surface area (Å²) in [5.41, 5.74) is -3.07. The molecule has 1 heterocycles. The number of nitrogens with zero attached hydrogens (tertiary/aromatic N) is 1. The average Bonchev–Trinajstić information content (AvgIpc) is 2.62. The summed E-state index contributed by atoms with van der Waals surface area (Å²) in [4.78, 5) is 53.7. The van der Waals surface area contributed by atoms with Crippen molar-refractivity contribution < 1.29 is 9.63 Å². The molecule has 0 aliphatic rings. The summed E-state index contributed by atoms with van der Waals surface area (Å²) >= 11 is 0. The molecule has 154 valence electrons.